The molecule has 0 saturated heterocycles. The fourth-order valence-corrected chi connectivity index (χ4v) is 1.89. The largest absolute Gasteiger partial charge is 0.319 e. The van der Waals surface area contributed by atoms with Gasteiger partial charge in [0, 0.05) is 17.8 Å². The highest BCUT2D eigenvalue weighted by molar-refractivity contribution is 6.33. The van der Waals surface area contributed by atoms with E-state index in [4.69, 9.17) is 23.2 Å². The Kier molecular flexibility index (Phi) is 4.16. The van der Waals surface area contributed by atoms with Gasteiger partial charge in [0.25, 0.3) is 11.6 Å². The van der Waals surface area contributed by atoms with Gasteiger partial charge in [-0.05, 0) is 24.3 Å². The maximum Gasteiger partial charge on any atom is 0.287 e. The van der Waals surface area contributed by atoms with Gasteiger partial charge in [0.2, 0.25) is 0 Å². The summed E-state index contributed by atoms with van der Waals surface area (Å²) in [5.41, 5.74) is 0.261. The number of anilines is 1. The van der Waals surface area contributed by atoms with Crippen LogP contribution in [0.4, 0.5) is 11.4 Å². The average Bonchev–Trinajstić information content (AvgIpc) is 2.40. The molecule has 0 saturated carbocycles. The van der Waals surface area contributed by atoms with E-state index in [2.05, 4.69) is 10.3 Å². The molecule has 0 radical (unpaired) electrons. The molecule has 0 spiro atoms. The third-order valence-corrected chi connectivity index (χ3v) is 3.02. The Hall–Kier alpha value is -2.18. The van der Waals surface area contributed by atoms with Crippen molar-refractivity contribution >= 4 is 40.5 Å². The molecule has 0 unspecified atom stereocenters. The highest BCUT2D eigenvalue weighted by atomic mass is 35.5. The second-order valence-corrected chi connectivity index (χ2v) is 4.48. The Morgan fingerprint density at radius 1 is 1.30 bits per heavy atom. The topological polar surface area (TPSA) is 85.1 Å². The van der Waals surface area contributed by atoms with Crippen molar-refractivity contribution in [2.24, 2.45) is 0 Å². The van der Waals surface area contributed by atoms with Crippen molar-refractivity contribution in [1.29, 1.82) is 0 Å². The van der Waals surface area contributed by atoms with Crippen molar-refractivity contribution in [3.63, 3.8) is 0 Å². The number of rotatable bonds is 3. The number of nitro benzene ring substituents is 1. The van der Waals surface area contributed by atoms with Crippen molar-refractivity contribution in [2.75, 3.05) is 5.32 Å². The monoisotopic (exact) mass is 311 g/mol. The predicted octanol–water partition coefficient (Wildman–Crippen LogP) is 3.55. The van der Waals surface area contributed by atoms with E-state index >= 15 is 0 Å². The number of nitrogens with zero attached hydrogens (tertiary/aromatic N) is 2. The minimum atomic E-state index is -0.623. The highest BCUT2D eigenvalue weighted by Crippen LogP contribution is 2.26. The molecular formula is C12H7Cl2N3O3. The van der Waals surface area contributed by atoms with Crippen molar-refractivity contribution in [2.45, 2.75) is 0 Å². The fourth-order valence-electron chi connectivity index (χ4n) is 1.47. The Labute approximate surface area is 123 Å². The minimum absolute atomic E-state index is 0.111. The minimum Gasteiger partial charge on any atom is -0.319 e. The second-order valence-electron chi connectivity index (χ2n) is 3.72. The molecule has 0 atom stereocenters. The zero-order valence-corrected chi connectivity index (χ0v) is 11.4. The molecular weight excluding hydrogens is 305 g/mol. The number of hydrogen-bond acceptors (Lipinski definition) is 4. The van der Waals surface area contributed by atoms with E-state index in [0.717, 1.165) is 0 Å². The SMILES string of the molecule is O=C(Nc1cccnc1Cl)c1ccc([N+](=O)[O-])c(Cl)c1. The lowest BCUT2D eigenvalue weighted by Crippen LogP contribution is -2.12. The first-order valence-electron chi connectivity index (χ1n) is 5.35. The summed E-state index contributed by atoms with van der Waals surface area (Å²) in [6.45, 7) is 0. The van der Waals surface area contributed by atoms with E-state index in [1.54, 1.807) is 12.1 Å². The smallest absolute Gasteiger partial charge is 0.287 e. The van der Waals surface area contributed by atoms with E-state index in [1.807, 2.05) is 0 Å². The third kappa shape index (κ3) is 3.04. The highest BCUT2D eigenvalue weighted by Gasteiger charge is 2.16. The molecule has 102 valence electrons. The first-order chi connectivity index (χ1) is 9.49. The maximum atomic E-state index is 12.0. The van der Waals surface area contributed by atoms with Crippen LogP contribution in [0.3, 0.4) is 0 Å². The molecule has 2 aromatic rings. The fraction of sp³-hybridized carbons (Fsp3) is 0. The van der Waals surface area contributed by atoms with Crippen LogP contribution in [0.15, 0.2) is 36.5 Å². The van der Waals surface area contributed by atoms with Crippen LogP contribution < -0.4 is 5.32 Å². The van der Waals surface area contributed by atoms with Crippen LogP contribution >= 0.6 is 23.2 Å². The molecule has 6 nitrogen and oxygen atoms in total. The van der Waals surface area contributed by atoms with Crippen LogP contribution in [0.25, 0.3) is 0 Å². The number of aromatic nitrogens is 1. The van der Waals surface area contributed by atoms with E-state index in [-0.39, 0.29) is 21.4 Å². The summed E-state index contributed by atoms with van der Waals surface area (Å²) < 4.78 is 0. The van der Waals surface area contributed by atoms with Gasteiger partial charge in [-0.15, -0.1) is 0 Å². The first-order valence-corrected chi connectivity index (χ1v) is 6.10. The number of carbonyl (C=O) groups is 1. The zero-order valence-electron chi connectivity index (χ0n) is 9.84. The number of benzene rings is 1. The van der Waals surface area contributed by atoms with Crippen LogP contribution in [-0.2, 0) is 0 Å². The van der Waals surface area contributed by atoms with Gasteiger partial charge in [-0.3, -0.25) is 14.9 Å². The number of nitrogens with one attached hydrogen (secondary N) is 1. The van der Waals surface area contributed by atoms with Crippen LogP contribution in [0, 0.1) is 10.1 Å². The molecule has 2 rings (SSSR count). The molecule has 8 heteroatoms. The van der Waals surface area contributed by atoms with Crippen LogP contribution in [0.2, 0.25) is 10.2 Å². The van der Waals surface area contributed by atoms with Crippen molar-refractivity contribution in [3.8, 4) is 0 Å². The summed E-state index contributed by atoms with van der Waals surface area (Å²) >= 11 is 11.6. The lowest BCUT2D eigenvalue weighted by molar-refractivity contribution is -0.384. The van der Waals surface area contributed by atoms with Gasteiger partial charge in [-0.2, -0.15) is 0 Å². The van der Waals surface area contributed by atoms with Gasteiger partial charge in [0.15, 0.2) is 5.15 Å². The normalized spacial score (nSPS) is 10.1. The Balaban J connectivity index is 2.24. The van der Waals surface area contributed by atoms with Crippen LogP contribution in [0.5, 0.6) is 0 Å². The zero-order chi connectivity index (χ0) is 14.7. The van der Waals surface area contributed by atoms with Crippen molar-refractivity contribution in [3.05, 3.63) is 62.4 Å². The van der Waals surface area contributed by atoms with Gasteiger partial charge in [-0.1, -0.05) is 23.2 Å². The standard InChI is InChI=1S/C12H7Cl2N3O3/c13-8-6-7(3-4-10(8)17(19)20)12(18)16-9-2-1-5-15-11(9)14/h1-6H,(H,16,18). The lowest BCUT2D eigenvalue weighted by Gasteiger charge is -2.06. The molecule has 1 aromatic carbocycles. The first kappa shape index (κ1) is 14.2. The quantitative estimate of drug-likeness (QED) is 0.533. The van der Waals surface area contributed by atoms with Gasteiger partial charge < -0.3 is 5.32 Å². The molecule has 0 aliphatic carbocycles. The number of nitro groups is 1. The summed E-state index contributed by atoms with van der Waals surface area (Å²) in [7, 11) is 0. The molecule has 20 heavy (non-hydrogen) atoms. The van der Waals surface area contributed by atoms with Crippen LogP contribution in [0.1, 0.15) is 10.4 Å². The molecule has 1 N–H and O–H groups in total. The van der Waals surface area contributed by atoms with E-state index < -0.39 is 10.8 Å². The van der Waals surface area contributed by atoms with Gasteiger partial charge >= 0.3 is 0 Å². The number of amides is 1. The second kappa shape index (κ2) is 5.85. The molecule has 0 bridgehead atoms. The summed E-state index contributed by atoms with van der Waals surface area (Å²) in [6.07, 6.45) is 1.49. The Morgan fingerprint density at radius 2 is 2.05 bits per heavy atom. The van der Waals surface area contributed by atoms with Gasteiger partial charge in [0.05, 0.1) is 10.6 Å². The summed E-state index contributed by atoms with van der Waals surface area (Å²) in [4.78, 5) is 25.8. The van der Waals surface area contributed by atoms with Crippen molar-refractivity contribution < 1.29 is 9.72 Å². The van der Waals surface area contributed by atoms with Gasteiger partial charge in [0.1, 0.15) is 5.02 Å². The molecule has 0 fully saturated rings. The van der Waals surface area contributed by atoms with E-state index in [9.17, 15) is 14.9 Å². The molecule has 1 amide bonds. The predicted molar refractivity (Wildman–Crippen MR) is 75.3 cm³/mol. The molecule has 1 heterocycles. The van der Waals surface area contributed by atoms with Gasteiger partial charge in [-0.25, -0.2) is 4.98 Å². The molecule has 0 aliphatic rings. The number of halogens is 2. The molecule has 1 aromatic heterocycles. The molecule has 0 aliphatic heterocycles. The van der Waals surface area contributed by atoms with Crippen LogP contribution in [-0.4, -0.2) is 15.8 Å². The summed E-state index contributed by atoms with van der Waals surface area (Å²) in [5, 5.41) is 13.2. The van der Waals surface area contributed by atoms with Crippen molar-refractivity contribution in [1.82, 2.24) is 4.98 Å². The Morgan fingerprint density at radius 3 is 2.65 bits per heavy atom. The number of hydrogen-bond donors (Lipinski definition) is 1. The Bertz CT molecular complexity index is 691. The maximum absolute atomic E-state index is 12.0. The van der Waals surface area contributed by atoms with E-state index in [0.29, 0.717) is 5.69 Å². The summed E-state index contributed by atoms with van der Waals surface area (Å²) in [6, 6.07) is 6.90. The lowest BCUT2D eigenvalue weighted by atomic mass is 10.2. The number of carbonyl (C=O) groups excluding carboxylic acids is 1. The summed E-state index contributed by atoms with van der Waals surface area (Å²) in [5.74, 6) is -0.489. The van der Waals surface area contributed by atoms with E-state index in [1.165, 1.54) is 24.4 Å². The number of pyridine rings is 1. The third-order valence-electron chi connectivity index (χ3n) is 2.41. The average molecular weight is 312 g/mol.